The van der Waals surface area contributed by atoms with Crippen LogP contribution in [0.1, 0.15) is 42.6 Å². The molecule has 154 valence electrons. The normalized spacial score (nSPS) is 15.4. The minimum absolute atomic E-state index is 0.0242. The molecule has 2 aromatic rings. The summed E-state index contributed by atoms with van der Waals surface area (Å²) in [6.45, 7) is 5.86. The molecule has 3 rings (SSSR count). The molecule has 1 N–H and O–H groups in total. The van der Waals surface area contributed by atoms with Crippen LogP contribution in [-0.4, -0.2) is 39.9 Å². The van der Waals surface area contributed by atoms with Gasteiger partial charge in [-0.05, 0) is 70.1 Å². The highest BCUT2D eigenvalue weighted by Gasteiger charge is 2.26. The van der Waals surface area contributed by atoms with Crippen LogP contribution in [0, 0.1) is 16.0 Å². The summed E-state index contributed by atoms with van der Waals surface area (Å²) >= 11 is 0. The number of nitro groups is 1. The number of nitrogens with zero attached hydrogens (tertiary/aromatic N) is 2. The van der Waals surface area contributed by atoms with Crippen LogP contribution in [0.2, 0.25) is 0 Å². The summed E-state index contributed by atoms with van der Waals surface area (Å²) in [7, 11) is 0. The second kappa shape index (κ2) is 9.05. The van der Waals surface area contributed by atoms with Gasteiger partial charge in [0.15, 0.2) is 5.78 Å². The predicted molar refractivity (Wildman–Crippen MR) is 109 cm³/mol. The van der Waals surface area contributed by atoms with Crippen LogP contribution >= 0.6 is 0 Å². The number of nitro benzene ring substituents is 1. The summed E-state index contributed by atoms with van der Waals surface area (Å²) in [5, 5.41) is 20.5. The van der Waals surface area contributed by atoms with Gasteiger partial charge in [0.25, 0.3) is 5.69 Å². The van der Waals surface area contributed by atoms with Crippen molar-refractivity contribution in [1.29, 1.82) is 0 Å². The summed E-state index contributed by atoms with van der Waals surface area (Å²) in [4.78, 5) is 25.6. The number of non-ortho nitro benzene ring substituents is 1. The topological polar surface area (TPSA) is 92.9 Å². The number of phenolic OH excluding ortho intramolecular Hbond substituents is 1. The Morgan fingerprint density at radius 2 is 1.86 bits per heavy atom. The standard InChI is InChI=1S/C22H26N2O5/c1-15(2)29-21-8-5-19(24(27)28)13-18(21)14-23-11-9-17(10-12-23)22(26)16-3-6-20(25)7-4-16/h3-8,13,15,17,25H,9-12,14H2,1-2H3. The Morgan fingerprint density at radius 3 is 2.45 bits per heavy atom. The van der Waals surface area contributed by atoms with E-state index in [-0.39, 0.29) is 29.2 Å². The molecule has 2 aromatic carbocycles. The van der Waals surface area contributed by atoms with Gasteiger partial charge >= 0.3 is 0 Å². The van der Waals surface area contributed by atoms with E-state index in [4.69, 9.17) is 4.74 Å². The molecule has 0 radical (unpaired) electrons. The van der Waals surface area contributed by atoms with Crippen molar-refractivity contribution < 1.29 is 19.6 Å². The third-order valence-electron chi connectivity index (χ3n) is 5.12. The lowest BCUT2D eigenvalue weighted by Gasteiger charge is -2.31. The number of carbonyl (C=O) groups is 1. The molecule has 0 bridgehead atoms. The Balaban J connectivity index is 1.65. The van der Waals surface area contributed by atoms with Gasteiger partial charge in [-0.1, -0.05) is 0 Å². The van der Waals surface area contributed by atoms with E-state index in [9.17, 15) is 20.0 Å². The van der Waals surface area contributed by atoms with E-state index in [1.54, 1.807) is 24.3 Å². The Bertz CT molecular complexity index is 871. The first kappa shape index (κ1) is 20.8. The van der Waals surface area contributed by atoms with Crippen LogP contribution < -0.4 is 4.74 Å². The van der Waals surface area contributed by atoms with Crippen molar-refractivity contribution in [3.8, 4) is 11.5 Å². The number of hydrogen-bond donors (Lipinski definition) is 1. The number of benzene rings is 2. The predicted octanol–water partition coefficient (Wildman–Crippen LogP) is 4.18. The second-order valence-electron chi connectivity index (χ2n) is 7.68. The molecule has 7 heteroatoms. The molecule has 0 atom stereocenters. The molecule has 1 fully saturated rings. The highest BCUT2D eigenvalue weighted by Crippen LogP contribution is 2.29. The molecule has 0 aromatic heterocycles. The Labute approximate surface area is 170 Å². The summed E-state index contributed by atoms with van der Waals surface area (Å²) < 4.78 is 5.82. The molecule has 0 aliphatic carbocycles. The van der Waals surface area contributed by atoms with E-state index >= 15 is 0 Å². The maximum absolute atomic E-state index is 12.7. The van der Waals surface area contributed by atoms with Crippen LogP contribution in [0.25, 0.3) is 0 Å². The Morgan fingerprint density at radius 1 is 1.21 bits per heavy atom. The van der Waals surface area contributed by atoms with Gasteiger partial charge < -0.3 is 9.84 Å². The zero-order valence-electron chi connectivity index (χ0n) is 16.7. The highest BCUT2D eigenvalue weighted by molar-refractivity contribution is 5.98. The van der Waals surface area contributed by atoms with Gasteiger partial charge in [0.05, 0.1) is 11.0 Å². The van der Waals surface area contributed by atoms with Crippen molar-refractivity contribution in [2.45, 2.75) is 39.3 Å². The van der Waals surface area contributed by atoms with E-state index in [0.717, 1.165) is 31.5 Å². The van der Waals surface area contributed by atoms with Crippen LogP contribution in [-0.2, 0) is 6.54 Å². The first-order valence-corrected chi connectivity index (χ1v) is 9.83. The number of aromatic hydroxyl groups is 1. The van der Waals surface area contributed by atoms with Crippen LogP contribution in [0.3, 0.4) is 0 Å². The van der Waals surface area contributed by atoms with Crippen molar-refractivity contribution in [2.75, 3.05) is 13.1 Å². The van der Waals surface area contributed by atoms with E-state index < -0.39 is 4.92 Å². The quantitative estimate of drug-likeness (QED) is 0.427. The summed E-state index contributed by atoms with van der Waals surface area (Å²) in [6.07, 6.45) is 1.44. The average Bonchev–Trinajstić information content (AvgIpc) is 2.69. The number of ketones is 1. The van der Waals surface area contributed by atoms with Gasteiger partial charge in [0.1, 0.15) is 11.5 Å². The first-order valence-electron chi connectivity index (χ1n) is 9.83. The number of carbonyl (C=O) groups excluding carboxylic acids is 1. The highest BCUT2D eigenvalue weighted by atomic mass is 16.6. The van der Waals surface area contributed by atoms with Crippen LogP contribution in [0.4, 0.5) is 5.69 Å². The maximum Gasteiger partial charge on any atom is 0.270 e. The lowest BCUT2D eigenvalue weighted by atomic mass is 9.88. The maximum atomic E-state index is 12.7. The fourth-order valence-electron chi connectivity index (χ4n) is 3.63. The molecule has 0 amide bonds. The summed E-state index contributed by atoms with van der Waals surface area (Å²) in [5.74, 6) is 0.858. The fourth-order valence-corrected chi connectivity index (χ4v) is 3.63. The van der Waals surface area contributed by atoms with E-state index in [0.29, 0.717) is 17.9 Å². The van der Waals surface area contributed by atoms with Gasteiger partial charge in [0, 0.05) is 35.7 Å². The number of likely N-dealkylation sites (tertiary alicyclic amines) is 1. The molecule has 1 heterocycles. The summed E-state index contributed by atoms with van der Waals surface area (Å²) in [5.41, 5.74) is 1.46. The van der Waals surface area contributed by atoms with Gasteiger partial charge in [0.2, 0.25) is 0 Å². The monoisotopic (exact) mass is 398 g/mol. The minimum Gasteiger partial charge on any atom is -0.508 e. The van der Waals surface area contributed by atoms with Crippen molar-refractivity contribution in [3.05, 3.63) is 63.7 Å². The molecule has 0 unspecified atom stereocenters. The van der Waals surface area contributed by atoms with Crippen LogP contribution in [0.15, 0.2) is 42.5 Å². The zero-order valence-corrected chi connectivity index (χ0v) is 16.7. The largest absolute Gasteiger partial charge is 0.508 e. The SMILES string of the molecule is CC(C)Oc1ccc([N+](=O)[O-])cc1CN1CCC(C(=O)c2ccc(O)cc2)CC1. The third kappa shape index (κ3) is 5.32. The molecular weight excluding hydrogens is 372 g/mol. The van der Waals surface area contributed by atoms with Crippen molar-refractivity contribution in [2.24, 2.45) is 5.92 Å². The number of hydrogen-bond acceptors (Lipinski definition) is 6. The second-order valence-corrected chi connectivity index (χ2v) is 7.68. The van der Waals surface area contributed by atoms with E-state index in [1.807, 2.05) is 13.8 Å². The molecule has 7 nitrogen and oxygen atoms in total. The summed E-state index contributed by atoms with van der Waals surface area (Å²) in [6, 6.07) is 11.1. The number of piperidine rings is 1. The van der Waals surface area contributed by atoms with Gasteiger partial charge in [-0.15, -0.1) is 0 Å². The molecule has 0 spiro atoms. The lowest BCUT2D eigenvalue weighted by molar-refractivity contribution is -0.385. The first-order chi connectivity index (χ1) is 13.8. The number of Topliss-reactive ketones (excluding diaryl/α,β-unsaturated/α-hetero) is 1. The molecular formula is C22H26N2O5. The number of rotatable bonds is 7. The lowest BCUT2D eigenvalue weighted by Crippen LogP contribution is -2.36. The molecule has 1 aliphatic heterocycles. The van der Waals surface area contributed by atoms with Gasteiger partial charge in [-0.3, -0.25) is 19.8 Å². The number of ether oxygens (including phenoxy) is 1. The smallest absolute Gasteiger partial charge is 0.270 e. The Hall–Kier alpha value is -2.93. The van der Waals surface area contributed by atoms with Gasteiger partial charge in [-0.2, -0.15) is 0 Å². The molecule has 1 aliphatic rings. The third-order valence-corrected chi connectivity index (χ3v) is 5.12. The van der Waals surface area contributed by atoms with Crippen molar-refractivity contribution >= 4 is 11.5 Å². The fraction of sp³-hybridized carbons (Fsp3) is 0.409. The van der Waals surface area contributed by atoms with E-state index in [1.165, 1.54) is 18.2 Å². The average molecular weight is 398 g/mol. The van der Waals surface area contributed by atoms with Gasteiger partial charge in [-0.25, -0.2) is 0 Å². The van der Waals surface area contributed by atoms with Crippen molar-refractivity contribution in [3.63, 3.8) is 0 Å². The molecule has 29 heavy (non-hydrogen) atoms. The Kier molecular flexibility index (Phi) is 6.49. The van der Waals surface area contributed by atoms with Crippen LogP contribution in [0.5, 0.6) is 11.5 Å². The van der Waals surface area contributed by atoms with Crippen molar-refractivity contribution in [1.82, 2.24) is 4.90 Å². The molecule has 1 saturated heterocycles. The zero-order chi connectivity index (χ0) is 21.0. The number of phenols is 1. The van der Waals surface area contributed by atoms with E-state index in [2.05, 4.69) is 4.90 Å². The minimum atomic E-state index is -0.398. The molecule has 0 saturated carbocycles.